The van der Waals surface area contributed by atoms with Crippen molar-refractivity contribution in [1.29, 1.82) is 0 Å². The minimum Gasteiger partial charge on any atom is -0.324 e. The van der Waals surface area contributed by atoms with Crippen LogP contribution in [0.2, 0.25) is 0 Å². The van der Waals surface area contributed by atoms with Crippen LogP contribution in [0.3, 0.4) is 0 Å². The van der Waals surface area contributed by atoms with E-state index in [1.54, 1.807) is 12.1 Å². The van der Waals surface area contributed by atoms with Crippen LogP contribution in [0.25, 0.3) is 0 Å². The van der Waals surface area contributed by atoms with Gasteiger partial charge in [0.05, 0.1) is 52.4 Å². The molecule has 3 heterocycles. The third kappa shape index (κ3) is 22.1. The number of nitrogens with zero attached hydrogens (tertiary/aromatic N) is 6. The highest BCUT2D eigenvalue weighted by atomic mass is 16.2. The zero-order chi connectivity index (χ0) is 49.3. The van der Waals surface area contributed by atoms with Gasteiger partial charge in [-0.2, -0.15) is 0 Å². The van der Waals surface area contributed by atoms with Crippen LogP contribution in [-0.2, 0) is 26.2 Å². The molecule has 0 saturated carbocycles. The monoisotopic (exact) mass is 953 g/mol. The second-order valence-corrected chi connectivity index (χ2v) is 21.7. The molecule has 1 aliphatic rings. The fourth-order valence-corrected chi connectivity index (χ4v) is 11.5. The molecule has 0 fully saturated rings. The third-order valence-corrected chi connectivity index (χ3v) is 16.3. The first kappa shape index (κ1) is 59.6. The average Bonchev–Trinajstić information content (AvgIpc) is 3.32. The van der Waals surface area contributed by atoms with Crippen molar-refractivity contribution < 1.29 is 8.97 Å². The predicted octanol–water partition coefficient (Wildman–Crippen LogP) is 12.9. The van der Waals surface area contributed by atoms with Crippen molar-refractivity contribution in [2.75, 3.05) is 52.4 Å². The summed E-state index contributed by atoms with van der Waals surface area (Å²) in [6.45, 7) is 25.1. The molecular formula is C58H108N6O4+2. The Morgan fingerprint density at radius 3 is 0.912 bits per heavy atom. The second kappa shape index (κ2) is 35.4. The van der Waals surface area contributed by atoms with Crippen LogP contribution < -0.4 is 22.5 Å². The number of quaternary nitrogens is 2. The van der Waals surface area contributed by atoms with Crippen LogP contribution in [0.4, 0.5) is 0 Å². The highest BCUT2D eigenvalue weighted by Gasteiger charge is 2.25. The fraction of sp³-hybridized carbons (Fsp3) is 0.862. The average molecular weight is 954 g/mol. The van der Waals surface area contributed by atoms with Crippen molar-refractivity contribution in [1.82, 2.24) is 18.3 Å². The molecule has 0 aliphatic carbocycles. The van der Waals surface area contributed by atoms with E-state index in [9.17, 15) is 19.2 Å². The summed E-state index contributed by atoms with van der Waals surface area (Å²) in [6, 6.07) is 3.37. The van der Waals surface area contributed by atoms with Crippen molar-refractivity contribution >= 4 is 0 Å². The van der Waals surface area contributed by atoms with Crippen molar-refractivity contribution in [3.8, 4) is 0 Å². The molecule has 0 aromatic carbocycles. The van der Waals surface area contributed by atoms with Gasteiger partial charge in [0.1, 0.15) is 0 Å². The Morgan fingerprint density at radius 2 is 0.618 bits per heavy atom. The minimum absolute atomic E-state index is 0.123. The molecular weight excluding hydrogens is 845 g/mol. The summed E-state index contributed by atoms with van der Waals surface area (Å²) in [5.41, 5.74) is 1.03. The fourth-order valence-electron chi connectivity index (χ4n) is 11.5. The molecule has 392 valence electrons. The molecule has 4 bridgehead atoms. The molecule has 0 N–H and O–H groups in total. The van der Waals surface area contributed by atoms with Gasteiger partial charge in [-0.05, 0) is 130 Å². The molecule has 10 heteroatoms. The predicted molar refractivity (Wildman–Crippen MR) is 289 cm³/mol. The van der Waals surface area contributed by atoms with E-state index >= 15 is 0 Å². The van der Waals surface area contributed by atoms with Gasteiger partial charge in [-0.25, -0.2) is 9.59 Å². The highest BCUT2D eigenvalue weighted by Crippen LogP contribution is 2.20. The molecule has 10 nitrogen and oxygen atoms in total. The summed E-state index contributed by atoms with van der Waals surface area (Å²) in [5, 5.41) is 0. The number of hydrogen-bond donors (Lipinski definition) is 0. The molecule has 0 saturated heterocycles. The summed E-state index contributed by atoms with van der Waals surface area (Å²) in [6.07, 6.45) is 38.6. The van der Waals surface area contributed by atoms with Crippen LogP contribution >= 0.6 is 0 Å². The van der Waals surface area contributed by atoms with Crippen LogP contribution in [0.5, 0.6) is 0 Å². The van der Waals surface area contributed by atoms with Gasteiger partial charge >= 0.3 is 11.4 Å². The summed E-state index contributed by atoms with van der Waals surface area (Å²) >= 11 is 0. The number of rotatable bonds is 20. The topological polar surface area (TPSA) is 88.0 Å². The largest absolute Gasteiger partial charge is 0.331 e. The molecule has 68 heavy (non-hydrogen) atoms. The van der Waals surface area contributed by atoms with Crippen molar-refractivity contribution in [2.24, 2.45) is 0 Å². The Morgan fingerprint density at radius 1 is 0.353 bits per heavy atom. The maximum Gasteiger partial charge on any atom is 0.331 e. The van der Waals surface area contributed by atoms with Gasteiger partial charge in [0, 0.05) is 49.7 Å². The third-order valence-electron chi connectivity index (χ3n) is 16.3. The zero-order valence-electron chi connectivity index (χ0n) is 45.6. The second-order valence-electron chi connectivity index (χ2n) is 21.7. The number of hydrogen-bond acceptors (Lipinski definition) is 4. The maximum absolute atomic E-state index is 13.7. The first-order valence-electron chi connectivity index (χ1n) is 29.4. The lowest BCUT2D eigenvalue weighted by Crippen LogP contribution is -2.50. The minimum atomic E-state index is -0.149. The van der Waals surface area contributed by atoms with Gasteiger partial charge in [0.25, 0.3) is 11.1 Å². The molecule has 2 aromatic heterocycles. The normalized spacial score (nSPS) is 20.9. The Balaban J connectivity index is 1.72. The molecule has 0 radical (unpaired) electrons. The van der Waals surface area contributed by atoms with Gasteiger partial charge in [-0.15, -0.1) is 0 Å². The van der Waals surface area contributed by atoms with E-state index in [0.29, 0.717) is 26.2 Å². The molecule has 2 atom stereocenters. The van der Waals surface area contributed by atoms with Gasteiger partial charge in [0.2, 0.25) is 0 Å². The van der Waals surface area contributed by atoms with E-state index in [1.165, 1.54) is 186 Å². The van der Waals surface area contributed by atoms with Crippen LogP contribution in [0.1, 0.15) is 245 Å². The molecule has 3 rings (SSSR count). The summed E-state index contributed by atoms with van der Waals surface area (Å²) in [4.78, 5) is 53.8. The number of aryl methyl sites for hydroxylation is 2. The first-order valence-corrected chi connectivity index (χ1v) is 29.4. The summed E-state index contributed by atoms with van der Waals surface area (Å²) in [7, 11) is 0. The van der Waals surface area contributed by atoms with Crippen molar-refractivity contribution in [3.05, 3.63) is 65.2 Å². The standard InChI is InChI=1S/C58H108N6O4/c1-7-11-13-15-17-19-25-35-45-63(9-3)47-37-27-21-31-41-59-53(5)51-56(66)62(57(59)67)44-34-24-30-40-50-64(10-4,46-36-26-20-18-16-14-12-8-2)48-38-28-22-32-42-60-54(6)52-55(65)61(58(60)68)43-33-23-29-39-49-63/h51-52H,7-50H2,1-6H3/q+2. The van der Waals surface area contributed by atoms with Gasteiger partial charge in [0.15, 0.2) is 0 Å². The Bertz CT molecular complexity index is 1730. The number of aromatic nitrogens is 4. The lowest BCUT2D eigenvalue weighted by molar-refractivity contribution is -0.927. The lowest BCUT2D eigenvalue weighted by atomic mass is 10.1. The molecule has 2 aromatic rings. The van der Waals surface area contributed by atoms with Crippen molar-refractivity contribution in [2.45, 2.75) is 273 Å². The molecule has 1 aliphatic heterocycles. The highest BCUT2D eigenvalue weighted by molar-refractivity contribution is 5.01. The summed E-state index contributed by atoms with van der Waals surface area (Å²) in [5.74, 6) is 0. The van der Waals surface area contributed by atoms with Gasteiger partial charge in [-0.3, -0.25) is 27.9 Å². The van der Waals surface area contributed by atoms with E-state index < -0.39 is 0 Å². The van der Waals surface area contributed by atoms with Crippen LogP contribution in [0.15, 0.2) is 31.3 Å². The van der Waals surface area contributed by atoms with Crippen LogP contribution in [0, 0.1) is 13.8 Å². The lowest BCUT2D eigenvalue weighted by Gasteiger charge is -2.38. The zero-order valence-corrected chi connectivity index (χ0v) is 45.6. The number of fused-ring (bicyclic) bond motifs is 4. The maximum atomic E-state index is 13.7. The molecule has 2 unspecified atom stereocenters. The van der Waals surface area contributed by atoms with E-state index in [4.69, 9.17) is 0 Å². The number of unbranched alkanes of at least 4 members (excludes halogenated alkanes) is 14. The smallest absolute Gasteiger partial charge is 0.324 e. The first-order chi connectivity index (χ1) is 33.1. The Kier molecular flexibility index (Phi) is 31.0. The molecule has 0 spiro atoms. The summed E-state index contributed by atoms with van der Waals surface area (Å²) < 4.78 is 9.11. The van der Waals surface area contributed by atoms with Crippen LogP contribution in [-0.4, -0.2) is 79.6 Å². The van der Waals surface area contributed by atoms with Gasteiger partial charge < -0.3 is 8.97 Å². The van der Waals surface area contributed by atoms with E-state index in [-0.39, 0.29) is 22.5 Å². The molecule has 0 amide bonds. The Hall–Kier alpha value is -2.72. The van der Waals surface area contributed by atoms with Gasteiger partial charge in [-0.1, -0.05) is 117 Å². The van der Waals surface area contributed by atoms with E-state index in [0.717, 1.165) is 102 Å². The quantitative estimate of drug-likeness (QED) is 0.0977. The van der Waals surface area contributed by atoms with E-state index in [1.807, 2.05) is 23.0 Å². The van der Waals surface area contributed by atoms with Crippen molar-refractivity contribution in [3.63, 3.8) is 0 Å². The van der Waals surface area contributed by atoms with E-state index in [2.05, 4.69) is 27.7 Å². The Labute approximate surface area is 416 Å². The SMILES string of the molecule is CCCCCCCCCC[N+]1(CC)CCCCCCn2c(C)cc(=O)n(c2=O)CCCCCC[N+](CC)(CCCCCCCCCC)CCCCCCn2c(C)cc(=O)n(c2=O)CCCCCC1.